The molecule has 2 aromatic rings. The number of carbonyl (C=O) groups excluding carboxylic acids is 1. The first kappa shape index (κ1) is 13.5. The maximum atomic E-state index is 11.0. The zero-order valence-corrected chi connectivity index (χ0v) is 12.2. The summed E-state index contributed by atoms with van der Waals surface area (Å²) in [6, 6.07) is 4.38. The molecule has 0 aliphatic carbocycles. The topological polar surface area (TPSA) is 34.9 Å². The molecule has 0 bridgehead atoms. The molecule has 3 heteroatoms. The van der Waals surface area contributed by atoms with Crippen LogP contribution in [0.4, 0.5) is 0 Å². The van der Waals surface area contributed by atoms with Gasteiger partial charge in [0.15, 0.2) is 6.29 Å². The zero-order chi connectivity index (χ0) is 14.2. The lowest BCUT2D eigenvalue weighted by atomic mass is 10.00. The Bertz CT molecular complexity index is 615. The van der Waals surface area contributed by atoms with E-state index in [9.17, 15) is 4.79 Å². The van der Waals surface area contributed by atoms with Crippen LogP contribution in [0.2, 0.25) is 0 Å². The second-order valence-electron chi connectivity index (χ2n) is 5.24. The van der Waals surface area contributed by atoms with Gasteiger partial charge in [-0.3, -0.25) is 9.48 Å². The van der Waals surface area contributed by atoms with Gasteiger partial charge in [-0.15, -0.1) is 0 Å². The molecule has 0 saturated heterocycles. The third-order valence-corrected chi connectivity index (χ3v) is 3.70. The molecule has 0 radical (unpaired) electrons. The molecule has 0 unspecified atom stereocenters. The van der Waals surface area contributed by atoms with Crippen molar-refractivity contribution in [3.05, 3.63) is 51.3 Å². The molecule has 1 aromatic heterocycles. The highest BCUT2D eigenvalue weighted by Crippen LogP contribution is 2.19. The molecule has 1 aromatic carbocycles. The van der Waals surface area contributed by atoms with Crippen LogP contribution >= 0.6 is 0 Å². The molecule has 19 heavy (non-hydrogen) atoms. The maximum absolute atomic E-state index is 11.0. The van der Waals surface area contributed by atoms with Gasteiger partial charge < -0.3 is 0 Å². The monoisotopic (exact) mass is 256 g/mol. The smallest absolute Gasteiger partial charge is 0.153 e. The number of rotatable bonds is 3. The highest BCUT2D eigenvalue weighted by Gasteiger charge is 2.12. The lowest BCUT2D eigenvalue weighted by molar-refractivity contribution is 0.112. The fraction of sp³-hybridized carbons (Fsp3) is 0.375. The molecule has 0 fully saturated rings. The normalized spacial score (nSPS) is 10.8. The summed E-state index contributed by atoms with van der Waals surface area (Å²) in [5.41, 5.74) is 7.56. The summed E-state index contributed by atoms with van der Waals surface area (Å²) < 4.78 is 1.92. The second-order valence-corrected chi connectivity index (χ2v) is 5.24. The van der Waals surface area contributed by atoms with Crippen LogP contribution in [0.3, 0.4) is 0 Å². The number of hydrogen-bond donors (Lipinski definition) is 0. The molecular formula is C16H20N2O. The Labute approximate surface area is 114 Å². The van der Waals surface area contributed by atoms with Gasteiger partial charge in [0, 0.05) is 5.69 Å². The van der Waals surface area contributed by atoms with Crippen molar-refractivity contribution in [3.63, 3.8) is 0 Å². The van der Waals surface area contributed by atoms with E-state index >= 15 is 0 Å². The molecular weight excluding hydrogens is 236 g/mol. The van der Waals surface area contributed by atoms with Gasteiger partial charge >= 0.3 is 0 Å². The minimum atomic E-state index is 0.711. The summed E-state index contributed by atoms with van der Waals surface area (Å²) in [6.07, 6.45) is 0.892. The largest absolute Gasteiger partial charge is 0.298 e. The van der Waals surface area contributed by atoms with Gasteiger partial charge in [-0.2, -0.15) is 5.10 Å². The first-order valence-electron chi connectivity index (χ1n) is 6.50. The Morgan fingerprint density at radius 1 is 1.11 bits per heavy atom. The number of aromatic nitrogens is 2. The summed E-state index contributed by atoms with van der Waals surface area (Å²) in [4.78, 5) is 11.0. The number of benzene rings is 1. The van der Waals surface area contributed by atoms with Gasteiger partial charge in [0.05, 0.1) is 17.8 Å². The van der Waals surface area contributed by atoms with Crippen LogP contribution in [0.25, 0.3) is 0 Å². The van der Waals surface area contributed by atoms with Crippen LogP contribution in [0.1, 0.15) is 44.0 Å². The van der Waals surface area contributed by atoms with Crippen molar-refractivity contribution in [1.82, 2.24) is 9.78 Å². The summed E-state index contributed by atoms with van der Waals surface area (Å²) in [6.45, 7) is 10.9. The molecule has 0 saturated carbocycles. The van der Waals surface area contributed by atoms with E-state index < -0.39 is 0 Å². The van der Waals surface area contributed by atoms with E-state index in [1.165, 1.54) is 22.3 Å². The fourth-order valence-corrected chi connectivity index (χ4v) is 2.64. The van der Waals surface area contributed by atoms with E-state index in [4.69, 9.17) is 0 Å². The predicted octanol–water partition coefficient (Wildman–Crippen LogP) is 3.29. The van der Waals surface area contributed by atoms with E-state index in [0.717, 1.165) is 24.2 Å². The standard InChI is InChI=1S/C16H20N2O/c1-10-6-11(2)15(12(3)7-10)8-18-14(5)16(9-19)13(4)17-18/h6-7,9H,8H2,1-5H3. The number of carbonyl (C=O) groups is 1. The number of hydrogen-bond acceptors (Lipinski definition) is 2. The number of aryl methyl sites for hydroxylation is 4. The van der Waals surface area contributed by atoms with E-state index in [1.54, 1.807) is 0 Å². The van der Waals surface area contributed by atoms with E-state index in [2.05, 4.69) is 38.0 Å². The van der Waals surface area contributed by atoms with Crippen molar-refractivity contribution in [2.24, 2.45) is 0 Å². The van der Waals surface area contributed by atoms with Crippen LogP contribution in [0.5, 0.6) is 0 Å². The maximum Gasteiger partial charge on any atom is 0.153 e. The van der Waals surface area contributed by atoms with Crippen LogP contribution in [0, 0.1) is 34.6 Å². The van der Waals surface area contributed by atoms with Gasteiger partial charge in [0.25, 0.3) is 0 Å². The van der Waals surface area contributed by atoms with Gasteiger partial charge in [0.1, 0.15) is 0 Å². The van der Waals surface area contributed by atoms with Crippen molar-refractivity contribution in [1.29, 1.82) is 0 Å². The van der Waals surface area contributed by atoms with E-state index in [-0.39, 0.29) is 0 Å². The van der Waals surface area contributed by atoms with Crippen LogP contribution in [0.15, 0.2) is 12.1 Å². The molecule has 3 nitrogen and oxygen atoms in total. The minimum absolute atomic E-state index is 0.711. The third-order valence-electron chi connectivity index (χ3n) is 3.70. The van der Waals surface area contributed by atoms with Gasteiger partial charge in [-0.25, -0.2) is 0 Å². The Balaban J connectivity index is 2.45. The molecule has 0 aliphatic heterocycles. The highest BCUT2D eigenvalue weighted by molar-refractivity contribution is 5.78. The third kappa shape index (κ3) is 2.46. The summed E-state index contributed by atoms with van der Waals surface area (Å²) >= 11 is 0. The first-order valence-corrected chi connectivity index (χ1v) is 6.50. The fourth-order valence-electron chi connectivity index (χ4n) is 2.64. The van der Waals surface area contributed by atoms with Crippen LogP contribution < -0.4 is 0 Å². The summed E-state index contributed by atoms with van der Waals surface area (Å²) in [5, 5.41) is 4.47. The summed E-state index contributed by atoms with van der Waals surface area (Å²) in [7, 11) is 0. The lowest BCUT2D eigenvalue weighted by Gasteiger charge is -2.12. The molecule has 0 amide bonds. The molecule has 2 rings (SSSR count). The van der Waals surface area contributed by atoms with Crippen molar-refractivity contribution in [3.8, 4) is 0 Å². The summed E-state index contributed by atoms with van der Waals surface area (Å²) in [5.74, 6) is 0. The Morgan fingerprint density at radius 3 is 2.16 bits per heavy atom. The lowest BCUT2D eigenvalue weighted by Crippen LogP contribution is -2.07. The molecule has 0 spiro atoms. The SMILES string of the molecule is Cc1cc(C)c(Cn2nc(C)c(C=O)c2C)c(C)c1. The molecule has 1 heterocycles. The highest BCUT2D eigenvalue weighted by atomic mass is 16.1. The van der Waals surface area contributed by atoms with Crippen molar-refractivity contribution in [2.75, 3.05) is 0 Å². The quantitative estimate of drug-likeness (QED) is 0.790. The van der Waals surface area contributed by atoms with E-state index in [1.807, 2.05) is 18.5 Å². The number of aldehydes is 1. The molecule has 0 atom stereocenters. The molecule has 0 N–H and O–H groups in total. The van der Waals surface area contributed by atoms with Gasteiger partial charge in [0.2, 0.25) is 0 Å². The van der Waals surface area contributed by atoms with Crippen LogP contribution in [-0.2, 0) is 6.54 Å². The predicted molar refractivity (Wildman–Crippen MR) is 76.8 cm³/mol. The average molecular weight is 256 g/mol. The van der Waals surface area contributed by atoms with Gasteiger partial charge in [-0.05, 0) is 51.3 Å². The first-order chi connectivity index (χ1) is 8.93. The van der Waals surface area contributed by atoms with Crippen LogP contribution in [-0.4, -0.2) is 16.1 Å². The average Bonchev–Trinajstić information content (AvgIpc) is 2.58. The Hall–Kier alpha value is -1.90. The minimum Gasteiger partial charge on any atom is -0.298 e. The zero-order valence-electron chi connectivity index (χ0n) is 12.2. The Kier molecular flexibility index (Phi) is 3.56. The molecule has 0 aliphatic rings. The number of nitrogens with zero attached hydrogens (tertiary/aromatic N) is 2. The van der Waals surface area contributed by atoms with Gasteiger partial charge in [-0.1, -0.05) is 17.7 Å². The van der Waals surface area contributed by atoms with E-state index in [0.29, 0.717) is 5.56 Å². The van der Waals surface area contributed by atoms with Crippen molar-refractivity contribution >= 4 is 6.29 Å². The Morgan fingerprint density at radius 2 is 1.68 bits per heavy atom. The van der Waals surface area contributed by atoms with Crippen molar-refractivity contribution in [2.45, 2.75) is 41.2 Å². The molecule has 100 valence electrons. The second kappa shape index (κ2) is 5.00. The van der Waals surface area contributed by atoms with Crippen molar-refractivity contribution < 1.29 is 4.79 Å².